The number of rotatable bonds is 10. The second-order valence-electron chi connectivity index (χ2n) is 8.22. The lowest BCUT2D eigenvalue weighted by Gasteiger charge is -2.18. The zero-order valence-electron chi connectivity index (χ0n) is 19.9. The Bertz CT molecular complexity index is 1460. The third-order valence-corrected chi connectivity index (χ3v) is 7.11. The van der Waals surface area contributed by atoms with Crippen LogP contribution in [0.25, 0.3) is 5.69 Å². The fourth-order valence-corrected chi connectivity index (χ4v) is 5.34. The lowest BCUT2D eigenvalue weighted by atomic mass is 10.1. The average molecular weight is 584 g/mol. The van der Waals surface area contributed by atoms with Crippen LogP contribution in [0.15, 0.2) is 76.4 Å². The third-order valence-electron chi connectivity index (χ3n) is 5.45. The fourth-order valence-electron chi connectivity index (χ4n) is 3.77. The van der Waals surface area contributed by atoms with E-state index in [0.29, 0.717) is 27.9 Å². The zero-order valence-corrected chi connectivity index (χ0v) is 22.3. The summed E-state index contributed by atoms with van der Waals surface area (Å²) >= 11 is 4.68. The van der Waals surface area contributed by atoms with Gasteiger partial charge in [0.05, 0.1) is 4.92 Å². The summed E-state index contributed by atoms with van der Waals surface area (Å²) in [6, 6.07) is 19.3. The maximum Gasteiger partial charge on any atom is 0.269 e. The average Bonchev–Trinajstić information content (AvgIpc) is 3.22. The summed E-state index contributed by atoms with van der Waals surface area (Å²) in [4.78, 5) is 22.0. The molecule has 0 spiro atoms. The number of nitro benzene ring substituents is 1. The van der Waals surface area contributed by atoms with E-state index >= 15 is 0 Å². The van der Waals surface area contributed by atoms with Gasteiger partial charge < -0.3 is 4.74 Å². The lowest BCUT2D eigenvalue weighted by Crippen LogP contribution is -2.13. The van der Waals surface area contributed by atoms with Crippen LogP contribution in [-0.4, -0.2) is 31.2 Å². The first-order valence-corrected chi connectivity index (χ1v) is 12.8. The number of halogens is 1. The number of hydrogen-bond donors (Lipinski definition) is 0. The molecule has 1 heterocycles. The van der Waals surface area contributed by atoms with Gasteiger partial charge in [0.1, 0.15) is 23.4 Å². The van der Waals surface area contributed by atoms with E-state index in [0.717, 1.165) is 15.7 Å². The molecule has 37 heavy (non-hydrogen) atoms. The Balaban J connectivity index is 1.67. The first-order valence-electron chi connectivity index (χ1n) is 11.1. The molecule has 1 aromatic heterocycles. The van der Waals surface area contributed by atoms with Crippen molar-refractivity contribution < 1.29 is 14.6 Å². The van der Waals surface area contributed by atoms with E-state index in [2.05, 4.69) is 26.1 Å². The summed E-state index contributed by atoms with van der Waals surface area (Å²) in [5, 5.41) is 31.2. The monoisotopic (exact) mass is 583 g/mol. The molecule has 10 nitrogen and oxygen atoms in total. The fraction of sp³-hybridized carbons (Fsp3) is 0.200. The van der Waals surface area contributed by atoms with Crippen molar-refractivity contribution in [3.05, 3.63) is 114 Å². The van der Waals surface area contributed by atoms with Crippen molar-refractivity contribution in [3.63, 3.8) is 0 Å². The van der Waals surface area contributed by atoms with E-state index in [1.165, 1.54) is 23.9 Å². The van der Waals surface area contributed by atoms with Crippen LogP contribution < -0.4 is 4.74 Å². The predicted molar refractivity (Wildman–Crippen MR) is 143 cm³/mol. The summed E-state index contributed by atoms with van der Waals surface area (Å²) < 4.78 is 8.63. The van der Waals surface area contributed by atoms with Gasteiger partial charge in [0.15, 0.2) is 5.16 Å². The highest BCUT2D eigenvalue weighted by atomic mass is 79.9. The molecule has 1 atom stereocenters. The van der Waals surface area contributed by atoms with Gasteiger partial charge in [-0.25, -0.2) is 0 Å². The van der Waals surface area contributed by atoms with Crippen LogP contribution in [0, 0.1) is 34.1 Å². The van der Waals surface area contributed by atoms with Crippen LogP contribution in [0.2, 0.25) is 0 Å². The van der Waals surface area contributed by atoms with Gasteiger partial charge >= 0.3 is 0 Å². The molecule has 3 aromatic carbocycles. The van der Waals surface area contributed by atoms with Gasteiger partial charge in [-0.2, -0.15) is 0 Å². The van der Waals surface area contributed by atoms with Crippen molar-refractivity contribution in [2.75, 3.05) is 6.54 Å². The van der Waals surface area contributed by atoms with Crippen LogP contribution in [-0.2, 0) is 6.61 Å². The molecule has 0 aliphatic carbocycles. The molecule has 4 aromatic rings. The normalized spacial score (nSPS) is 11.8. The lowest BCUT2D eigenvalue weighted by molar-refractivity contribution is -0.479. The van der Waals surface area contributed by atoms with Gasteiger partial charge in [-0.1, -0.05) is 52.0 Å². The minimum absolute atomic E-state index is 0.0373. The molecule has 12 heteroatoms. The predicted octanol–water partition coefficient (Wildman–Crippen LogP) is 6.24. The number of nitro groups is 2. The highest BCUT2D eigenvalue weighted by Crippen LogP contribution is 2.41. The molecule has 0 N–H and O–H groups in total. The Hall–Kier alpha value is -3.77. The van der Waals surface area contributed by atoms with Gasteiger partial charge in [-0.3, -0.25) is 24.8 Å². The molecular formula is C25H22BrN5O5S. The molecule has 190 valence electrons. The van der Waals surface area contributed by atoms with Crippen LogP contribution in [0.1, 0.15) is 27.8 Å². The number of aryl methyl sites for hydroxylation is 2. The van der Waals surface area contributed by atoms with Gasteiger partial charge in [0.2, 0.25) is 6.54 Å². The Morgan fingerprint density at radius 1 is 1.03 bits per heavy atom. The highest BCUT2D eigenvalue weighted by Gasteiger charge is 2.27. The van der Waals surface area contributed by atoms with Crippen LogP contribution in [0.4, 0.5) is 5.69 Å². The number of benzene rings is 3. The first kappa shape index (κ1) is 26.3. The van der Waals surface area contributed by atoms with Crippen LogP contribution in [0.5, 0.6) is 5.75 Å². The minimum atomic E-state index is -0.653. The molecule has 0 fully saturated rings. The second kappa shape index (κ2) is 11.5. The van der Waals surface area contributed by atoms with E-state index < -0.39 is 10.2 Å². The number of hydrogen-bond acceptors (Lipinski definition) is 8. The standard InChI is InChI=1S/C25H22BrN5O5S/c1-16-5-3-7-20(11-16)30-17(2)27-28-25(30)37-24(14-29(32)33)22-13-19(26)9-10-23(22)36-15-18-6-4-8-21(12-18)31(34)35/h3-13,24H,14-15H2,1-2H3/t24-/m0/s1. The van der Waals surface area contributed by atoms with Gasteiger partial charge in [-0.05, 0) is 55.3 Å². The molecule has 0 unspecified atom stereocenters. The van der Waals surface area contributed by atoms with Gasteiger partial charge in [0, 0.05) is 32.8 Å². The number of non-ortho nitro benzene ring substituents is 1. The molecule has 0 amide bonds. The van der Waals surface area contributed by atoms with Crippen LogP contribution in [0.3, 0.4) is 0 Å². The summed E-state index contributed by atoms with van der Waals surface area (Å²) in [5.74, 6) is 1.09. The number of ether oxygens (including phenoxy) is 1. The number of aromatic nitrogens is 3. The smallest absolute Gasteiger partial charge is 0.269 e. The maximum absolute atomic E-state index is 11.7. The van der Waals surface area contributed by atoms with Gasteiger partial charge in [-0.15, -0.1) is 10.2 Å². The van der Waals surface area contributed by atoms with Crippen molar-refractivity contribution in [1.29, 1.82) is 0 Å². The summed E-state index contributed by atoms with van der Waals surface area (Å²) in [6.07, 6.45) is 0. The molecule has 0 bridgehead atoms. The molecule has 4 rings (SSSR count). The quantitative estimate of drug-likeness (QED) is 0.122. The molecule has 0 aliphatic heterocycles. The Kier molecular flexibility index (Phi) is 8.19. The van der Waals surface area contributed by atoms with Crippen molar-refractivity contribution in [2.45, 2.75) is 30.9 Å². The van der Waals surface area contributed by atoms with Crippen molar-refractivity contribution in [2.24, 2.45) is 0 Å². The van der Waals surface area contributed by atoms with E-state index in [-0.39, 0.29) is 23.8 Å². The zero-order chi connectivity index (χ0) is 26.5. The minimum Gasteiger partial charge on any atom is -0.489 e. The SMILES string of the molecule is Cc1cccc(-n2c(C)nnc2S[C@@H](C[N+](=O)[O-])c2cc(Br)ccc2OCc2cccc([N+](=O)[O-])c2)c1. The van der Waals surface area contributed by atoms with Crippen molar-refractivity contribution >= 4 is 33.4 Å². The Morgan fingerprint density at radius 2 is 1.81 bits per heavy atom. The summed E-state index contributed by atoms with van der Waals surface area (Å²) in [7, 11) is 0. The number of nitrogens with zero attached hydrogens (tertiary/aromatic N) is 5. The summed E-state index contributed by atoms with van der Waals surface area (Å²) in [5.41, 5.74) is 3.09. The van der Waals surface area contributed by atoms with Gasteiger partial charge in [0.25, 0.3) is 5.69 Å². The molecule has 0 saturated carbocycles. The van der Waals surface area contributed by atoms with Crippen molar-refractivity contribution in [3.8, 4) is 11.4 Å². The van der Waals surface area contributed by atoms with Crippen molar-refractivity contribution in [1.82, 2.24) is 14.8 Å². The second-order valence-corrected chi connectivity index (χ2v) is 10.3. The topological polar surface area (TPSA) is 126 Å². The Morgan fingerprint density at radius 3 is 2.54 bits per heavy atom. The number of thioether (sulfide) groups is 1. The molecule has 0 radical (unpaired) electrons. The van der Waals surface area contributed by atoms with E-state index in [1.807, 2.05) is 42.7 Å². The largest absolute Gasteiger partial charge is 0.489 e. The first-order chi connectivity index (χ1) is 17.7. The molecule has 0 aliphatic rings. The third kappa shape index (κ3) is 6.52. The maximum atomic E-state index is 11.7. The Labute approximate surface area is 225 Å². The molecule has 0 saturated heterocycles. The van der Waals surface area contributed by atoms with Crippen LogP contribution >= 0.6 is 27.7 Å². The van der Waals surface area contributed by atoms with E-state index in [9.17, 15) is 20.2 Å². The van der Waals surface area contributed by atoms with E-state index in [1.54, 1.807) is 30.3 Å². The summed E-state index contributed by atoms with van der Waals surface area (Å²) in [6.45, 7) is 3.49. The molecular weight excluding hydrogens is 562 g/mol. The highest BCUT2D eigenvalue weighted by molar-refractivity contribution is 9.10. The van der Waals surface area contributed by atoms with E-state index in [4.69, 9.17) is 4.74 Å².